The molecule has 0 bridgehead atoms. The van der Waals surface area contributed by atoms with Gasteiger partial charge in [0.2, 0.25) is 0 Å². The van der Waals surface area contributed by atoms with Crippen LogP contribution in [-0.4, -0.2) is 31.8 Å². The zero-order valence-corrected chi connectivity index (χ0v) is 15.6. The average molecular weight is 389 g/mol. The van der Waals surface area contributed by atoms with Crippen LogP contribution < -0.4 is 11.0 Å². The van der Waals surface area contributed by atoms with E-state index in [1.807, 2.05) is 36.4 Å². The summed E-state index contributed by atoms with van der Waals surface area (Å²) in [6.45, 7) is 0.543. The first-order valence-corrected chi connectivity index (χ1v) is 9.57. The fraction of sp³-hybridized carbons (Fsp3) is 0.238. The van der Waals surface area contributed by atoms with E-state index in [9.17, 15) is 9.59 Å². The van der Waals surface area contributed by atoms with Crippen molar-refractivity contribution in [3.8, 4) is 11.4 Å². The fourth-order valence-corrected chi connectivity index (χ4v) is 3.38. The lowest BCUT2D eigenvalue weighted by Crippen LogP contribution is -2.32. The minimum Gasteiger partial charge on any atom is -0.451 e. The van der Waals surface area contributed by atoms with Gasteiger partial charge < -0.3 is 9.73 Å². The van der Waals surface area contributed by atoms with Gasteiger partial charge in [-0.15, -0.1) is 5.10 Å². The molecule has 1 N–H and O–H groups in total. The van der Waals surface area contributed by atoms with E-state index < -0.39 is 0 Å². The van der Waals surface area contributed by atoms with Crippen molar-refractivity contribution in [2.75, 3.05) is 6.54 Å². The van der Waals surface area contributed by atoms with Crippen LogP contribution in [-0.2, 0) is 6.54 Å². The first kappa shape index (κ1) is 17.4. The summed E-state index contributed by atoms with van der Waals surface area (Å²) in [5, 5.41) is 8.17. The van der Waals surface area contributed by atoms with Gasteiger partial charge in [-0.05, 0) is 37.1 Å². The molecule has 1 aliphatic rings. The van der Waals surface area contributed by atoms with Gasteiger partial charge in [-0.25, -0.2) is 9.48 Å². The van der Waals surface area contributed by atoms with E-state index in [0.717, 1.165) is 23.8 Å². The Kier molecular flexibility index (Phi) is 4.23. The maximum atomic E-state index is 12.8. The van der Waals surface area contributed by atoms with Gasteiger partial charge in [-0.2, -0.15) is 0 Å². The number of aromatic nitrogens is 4. The fourth-order valence-electron chi connectivity index (χ4n) is 3.38. The van der Waals surface area contributed by atoms with Gasteiger partial charge in [0, 0.05) is 35.9 Å². The Labute approximate surface area is 165 Å². The van der Waals surface area contributed by atoms with Crippen LogP contribution >= 0.6 is 0 Å². The molecule has 146 valence electrons. The Bertz CT molecular complexity index is 1200. The lowest BCUT2D eigenvalue weighted by Gasteiger charge is -2.02. The molecule has 1 saturated carbocycles. The van der Waals surface area contributed by atoms with E-state index in [2.05, 4.69) is 15.4 Å². The number of carbonyl (C=O) groups excluding carboxylic acids is 1. The molecule has 8 nitrogen and oxygen atoms in total. The molecule has 8 heteroatoms. The molecule has 29 heavy (non-hydrogen) atoms. The molecule has 1 amide bonds. The molecule has 0 unspecified atom stereocenters. The predicted molar refractivity (Wildman–Crippen MR) is 107 cm³/mol. The number of rotatable bonds is 6. The molecule has 1 aliphatic carbocycles. The van der Waals surface area contributed by atoms with Crippen molar-refractivity contribution in [2.45, 2.75) is 25.4 Å². The molecule has 0 atom stereocenters. The first-order chi connectivity index (χ1) is 14.2. The second kappa shape index (κ2) is 7.05. The summed E-state index contributed by atoms with van der Waals surface area (Å²) in [5.41, 5.74) is 1.31. The number of nitrogens with one attached hydrogen (secondary N) is 1. The number of nitrogens with zero attached hydrogens (tertiary/aromatic N) is 4. The van der Waals surface area contributed by atoms with E-state index in [1.165, 1.54) is 4.68 Å². The number of carbonyl (C=O) groups is 1. The zero-order valence-electron chi connectivity index (χ0n) is 15.6. The lowest BCUT2D eigenvalue weighted by molar-refractivity contribution is 0.0926. The van der Waals surface area contributed by atoms with E-state index in [1.54, 1.807) is 23.0 Å². The summed E-state index contributed by atoms with van der Waals surface area (Å²) < 4.78 is 8.71. The van der Waals surface area contributed by atoms with E-state index in [4.69, 9.17) is 4.42 Å². The molecule has 3 heterocycles. The molecule has 1 fully saturated rings. The lowest BCUT2D eigenvalue weighted by atomic mass is 10.2. The molecule has 0 spiro atoms. The van der Waals surface area contributed by atoms with Gasteiger partial charge in [-0.1, -0.05) is 18.2 Å². The Balaban J connectivity index is 1.32. The van der Waals surface area contributed by atoms with Gasteiger partial charge in [0.05, 0.1) is 6.54 Å². The number of hydrogen-bond acceptors (Lipinski definition) is 5. The molecule has 3 aromatic heterocycles. The highest BCUT2D eigenvalue weighted by atomic mass is 16.3. The molecular formula is C21H19N5O3. The predicted octanol–water partition coefficient (Wildman–Crippen LogP) is 2.62. The second-order valence-corrected chi connectivity index (χ2v) is 7.08. The Morgan fingerprint density at radius 1 is 1.21 bits per heavy atom. The van der Waals surface area contributed by atoms with Crippen LogP contribution in [0.3, 0.4) is 0 Å². The quantitative estimate of drug-likeness (QED) is 0.547. The molecule has 0 radical (unpaired) electrons. The monoisotopic (exact) mass is 389 g/mol. The van der Waals surface area contributed by atoms with Crippen LogP contribution in [0, 0.1) is 0 Å². The summed E-state index contributed by atoms with van der Waals surface area (Å²) >= 11 is 0. The molecular weight excluding hydrogens is 370 g/mol. The number of furan rings is 1. The smallest absolute Gasteiger partial charge is 0.346 e. The molecule has 1 aromatic carbocycles. The van der Waals surface area contributed by atoms with Gasteiger partial charge in [-0.3, -0.25) is 14.3 Å². The molecule has 4 aromatic rings. The minimum atomic E-state index is -0.316. The third-order valence-corrected chi connectivity index (χ3v) is 4.96. The second-order valence-electron chi connectivity index (χ2n) is 7.08. The first-order valence-electron chi connectivity index (χ1n) is 9.57. The number of benzene rings is 1. The van der Waals surface area contributed by atoms with Gasteiger partial charge in [0.25, 0.3) is 5.91 Å². The molecule has 5 rings (SSSR count). The van der Waals surface area contributed by atoms with Crippen LogP contribution in [0.2, 0.25) is 0 Å². The highest BCUT2D eigenvalue weighted by molar-refractivity contribution is 5.96. The normalized spacial score (nSPS) is 13.7. The van der Waals surface area contributed by atoms with Crippen LogP contribution in [0.5, 0.6) is 0 Å². The SMILES string of the molecule is O=C(NCCn1nc(-c2cccnc2)n(C2CC2)c1=O)c1cc2ccccc2o1. The maximum Gasteiger partial charge on any atom is 0.346 e. The van der Waals surface area contributed by atoms with Crippen molar-refractivity contribution >= 4 is 16.9 Å². The largest absolute Gasteiger partial charge is 0.451 e. The van der Waals surface area contributed by atoms with Crippen molar-refractivity contribution in [3.63, 3.8) is 0 Å². The average Bonchev–Trinajstić information content (AvgIpc) is 3.40. The third-order valence-electron chi connectivity index (χ3n) is 4.96. The minimum absolute atomic E-state index is 0.163. The van der Waals surface area contributed by atoms with Crippen LogP contribution in [0.25, 0.3) is 22.4 Å². The number of hydrogen-bond donors (Lipinski definition) is 1. The van der Waals surface area contributed by atoms with E-state index in [-0.39, 0.29) is 36.5 Å². The summed E-state index contributed by atoms with van der Waals surface area (Å²) in [7, 11) is 0. The summed E-state index contributed by atoms with van der Waals surface area (Å²) in [6, 6.07) is 13.1. The van der Waals surface area contributed by atoms with Crippen LogP contribution in [0.4, 0.5) is 0 Å². The van der Waals surface area contributed by atoms with E-state index in [0.29, 0.717) is 11.4 Å². The van der Waals surface area contributed by atoms with Crippen LogP contribution in [0.15, 0.2) is 64.1 Å². The summed E-state index contributed by atoms with van der Waals surface area (Å²) in [6.07, 6.45) is 5.34. The van der Waals surface area contributed by atoms with Crippen molar-refractivity contribution in [1.82, 2.24) is 24.6 Å². The molecule has 0 saturated heterocycles. The van der Waals surface area contributed by atoms with Crippen molar-refractivity contribution < 1.29 is 9.21 Å². The number of para-hydroxylation sites is 1. The van der Waals surface area contributed by atoms with Crippen LogP contribution in [0.1, 0.15) is 29.4 Å². The topological polar surface area (TPSA) is 95.0 Å². The summed E-state index contributed by atoms with van der Waals surface area (Å²) in [4.78, 5) is 29.3. The molecule has 0 aliphatic heterocycles. The van der Waals surface area contributed by atoms with Crippen molar-refractivity contribution in [2.24, 2.45) is 0 Å². The van der Waals surface area contributed by atoms with Gasteiger partial charge >= 0.3 is 5.69 Å². The number of amides is 1. The number of pyridine rings is 1. The Hall–Kier alpha value is -3.68. The highest BCUT2D eigenvalue weighted by Gasteiger charge is 2.30. The Morgan fingerprint density at radius 3 is 2.83 bits per heavy atom. The Morgan fingerprint density at radius 2 is 2.07 bits per heavy atom. The maximum absolute atomic E-state index is 12.8. The van der Waals surface area contributed by atoms with Gasteiger partial charge in [0.15, 0.2) is 11.6 Å². The highest BCUT2D eigenvalue weighted by Crippen LogP contribution is 2.36. The van der Waals surface area contributed by atoms with E-state index >= 15 is 0 Å². The van der Waals surface area contributed by atoms with Crippen molar-refractivity contribution in [3.05, 3.63) is 71.1 Å². The van der Waals surface area contributed by atoms with Gasteiger partial charge in [0.1, 0.15) is 5.58 Å². The standard InChI is InChI=1S/C21H19N5O3/c27-20(18-12-14-4-1-2-6-17(14)29-18)23-10-11-25-21(28)26(16-7-8-16)19(24-25)15-5-3-9-22-13-15/h1-6,9,12-13,16H,7-8,10-11H2,(H,23,27). The van der Waals surface area contributed by atoms with Crippen molar-refractivity contribution in [1.29, 1.82) is 0 Å². The third kappa shape index (κ3) is 3.33. The number of fused-ring (bicyclic) bond motifs is 1. The zero-order chi connectivity index (χ0) is 19.8. The summed E-state index contributed by atoms with van der Waals surface area (Å²) in [5.74, 6) is 0.552.